The number of thiophene rings is 1. The first-order valence-electron chi connectivity index (χ1n) is 8.18. The number of hydrogen-bond donors (Lipinski definition) is 1. The summed E-state index contributed by atoms with van der Waals surface area (Å²) in [5, 5.41) is 3.21. The van der Waals surface area contributed by atoms with Gasteiger partial charge in [0.25, 0.3) is 0 Å². The Balaban J connectivity index is 1.87. The first kappa shape index (κ1) is 19.0. The number of nitrogens with one attached hydrogen (secondary N) is 1. The van der Waals surface area contributed by atoms with Gasteiger partial charge in [-0.1, -0.05) is 18.2 Å². The highest BCUT2D eigenvalue weighted by Gasteiger charge is 2.23. The molecule has 26 heavy (non-hydrogen) atoms. The van der Waals surface area contributed by atoms with E-state index in [0.29, 0.717) is 5.56 Å². The Labute approximate surface area is 157 Å². The van der Waals surface area contributed by atoms with Crippen LogP contribution in [0.15, 0.2) is 52.7 Å². The molecule has 0 bridgehead atoms. The lowest BCUT2D eigenvalue weighted by Gasteiger charge is -2.24. The molecule has 1 N–H and O–H groups in total. The van der Waals surface area contributed by atoms with Gasteiger partial charge in [0.1, 0.15) is 5.82 Å². The molecule has 1 heterocycles. The summed E-state index contributed by atoms with van der Waals surface area (Å²) >= 11 is 1.65. The molecule has 2 aromatic carbocycles. The second-order valence-corrected chi connectivity index (χ2v) is 9.07. The van der Waals surface area contributed by atoms with E-state index >= 15 is 0 Å². The van der Waals surface area contributed by atoms with Crippen molar-refractivity contribution in [1.82, 2.24) is 9.62 Å². The maximum atomic E-state index is 13.3. The predicted octanol–water partition coefficient (Wildman–Crippen LogP) is 3.93. The minimum absolute atomic E-state index is 0.103. The van der Waals surface area contributed by atoms with Crippen LogP contribution in [0.25, 0.3) is 10.1 Å². The lowest BCUT2D eigenvalue weighted by Crippen LogP contribution is -2.34. The van der Waals surface area contributed by atoms with Gasteiger partial charge in [-0.05, 0) is 67.2 Å². The third-order valence-corrected chi connectivity index (χ3v) is 6.95. The number of aryl methyl sites for hydroxylation is 1. The molecule has 0 amide bonds. The normalized spacial score (nSPS) is 13.4. The summed E-state index contributed by atoms with van der Waals surface area (Å²) in [5.74, 6) is -0.447. The van der Waals surface area contributed by atoms with Crippen LogP contribution in [0.4, 0.5) is 4.39 Å². The largest absolute Gasteiger partial charge is 0.301 e. The number of rotatable bonds is 6. The van der Waals surface area contributed by atoms with Crippen molar-refractivity contribution >= 4 is 31.4 Å². The van der Waals surface area contributed by atoms with Crippen LogP contribution in [0.3, 0.4) is 0 Å². The zero-order valence-electron chi connectivity index (χ0n) is 14.9. The fourth-order valence-corrected chi connectivity index (χ4v) is 5.28. The molecule has 0 aliphatic carbocycles. The van der Waals surface area contributed by atoms with Crippen LogP contribution in [0.2, 0.25) is 0 Å². The lowest BCUT2D eigenvalue weighted by molar-refractivity contribution is 0.301. The fourth-order valence-electron chi connectivity index (χ4n) is 3.01. The Morgan fingerprint density at radius 1 is 1.19 bits per heavy atom. The SMILES string of the molecule is Cc1cc(F)ccc1S(=O)(=O)NC[C@@H](c1csc2ccccc12)N(C)C. The molecule has 0 saturated carbocycles. The molecule has 0 unspecified atom stereocenters. The van der Waals surface area contributed by atoms with Gasteiger partial charge >= 0.3 is 0 Å². The number of nitrogens with zero attached hydrogens (tertiary/aromatic N) is 1. The summed E-state index contributed by atoms with van der Waals surface area (Å²) in [7, 11) is 0.130. The van der Waals surface area contributed by atoms with E-state index in [0.717, 1.165) is 17.0 Å². The molecule has 138 valence electrons. The van der Waals surface area contributed by atoms with Crippen molar-refractivity contribution in [2.75, 3.05) is 20.6 Å². The average molecular weight is 393 g/mol. The van der Waals surface area contributed by atoms with E-state index in [4.69, 9.17) is 0 Å². The van der Waals surface area contributed by atoms with E-state index in [-0.39, 0.29) is 17.5 Å². The molecule has 3 aromatic rings. The number of fused-ring (bicyclic) bond motifs is 1. The van der Waals surface area contributed by atoms with Gasteiger partial charge in [0.15, 0.2) is 0 Å². The van der Waals surface area contributed by atoms with Crippen LogP contribution < -0.4 is 4.72 Å². The quantitative estimate of drug-likeness (QED) is 0.691. The molecule has 1 aromatic heterocycles. The Hall–Kier alpha value is -1.80. The van der Waals surface area contributed by atoms with Gasteiger partial charge in [0, 0.05) is 17.3 Å². The third kappa shape index (κ3) is 3.81. The second-order valence-electron chi connectivity index (χ2n) is 6.43. The molecule has 0 radical (unpaired) electrons. The van der Waals surface area contributed by atoms with Gasteiger partial charge in [-0.3, -0.25) is 0 Å². The molecule has 0 fully saturated rings. The van der Waals surface area contributed by atoms with Crippen LogP contribution in [0, 0.1) is 12.7 Å². The summed E-state index contributed by atoms with van der Waals surface area (Å²) < 4.78 is 42.5. The number of sulfonamides is 1. The molecule has 3 rings (SSSR count). The van der Waals surface area contributed by atoms with Gasteiger partial charge in [-0.25, -0.2) is 17.5 Å². The highest BCUT2D eigenvalue weighted by atomic mass is 32.2. The smallest absolute Gasteiger partial charge is 0.240 e. The van der Waals surface area contributed by atoms with Crippen molar-refractivity contribution in [1.29, 1.82) is 0 Å². The van der Waals surface area contributed by atoms with E-state index in [1.165, 1.54) is 16.8 Å². The van der Waals surface area contributed by atoms with Gasteiger partial charge in [-0.2, -0.15) is 0 Å². The van der Waals surface area contributed by atoms with E-state index in [2.05, 4.69) is 22.2 Å². The predicted molar refractivity (Wildman–Crippen MR) is 105 cm³/mol. The standard InChI is InChI=1S/C19H21FN2O2S2/c1-13-10-14(20)8-9-19(13)26(23,24)21-11-17(22(2)3)16-12-25-18-7-5-4-6-15(16)18/h4-10,12,17,21H,11H2,1-3H3/t17-/m0/s1. The van der Waals surface area contributed by atoms with Crippen molar-refractivity contribution in [3.63, 3.8) is 0 Å². The Bertz CT molecular complexity index is 1030. The molecule has 0 aliphatic rings. The summed E-state index contributed by atoms with van der Waals surface area (Å²) in [6.07, 6.45) is 0. The highest BCUT2D eigenvalue weighted by molar-refractivity contribution is 7.89. The molecular formula is C19H21FN2O2S2. The van der Waals surface area contributed by atoms with Crippen molar-refractivity contribution in [2.45, 2.75) is 17.9 Å². The summed E-state index contributed by atoms with van der Waals surface area (Å²) in [5.41, 5.74) is 1.48. The lowest BCUT2D eigenvalue weighted by atomic mass is 10.1. The van der Waals surface area contributed by atoms with Crippen molar-refractivity contribution in [3.05, 3.63) is 64.8 Å². The van der Waals surface area contributed by atoms with Crippen molar-refractivity contribution < 1.29 is 12.8 Å². The summed E-state index contributed by atoms with van der Waals surface area (Å²) in [6, 6.07) is 11.7. The zero-order chi connectivity index (χ0) is 18.9. The zero-order valence-corrected chi connectivity index (χ0v) is 16.5. The second kappa shape index (κ2) is 7.44. The van der Waals surface area contributed by atoms with E-state index in [1.54, 1.807) is 18.3 Å². The molecular weight excluding hydrogens is 371 g/mol. The minimum Gasteiger partial charge on any atom is -0.301 e. The third-order valence-electron chi connectivity index (χ3n) is 4.39. The van der Waals surface area contributed by atoms with Crippen LogP contribution in [-0.2, 0) is 10.0 Å². The highest BCUT2D eigenvalue weighted by Crippen LogP contribution is 2.32. The summed E-state index contributed by atoms with van der Waals surface area (Å²) in [6.45, 7) is 1.82. The molecule has 0 aliphatic heterocycles. The number of hydrogen-bond acceptors (Lipinski definition) is 4. The van der Waals surface area contributed by atoms with Crippen LogP contribution in [0.1, 0.15) is 17.2 Å². The Morgan fingerprint density at radius 3 is 2.62 bits per heavy atom. The number of likely N-dealkylation sites (N-methyl/N-ethyl adjacent to an activating group) is 1. The number of halogens is 1. The first-order chi connectivity index (χ1) is 12.3. The van der Waals surface area contributed by atoms with Gasteiger partial charge in [0.05, 0.1) is 4.90 Å². The molecule has 0 saturated heterocycles. The molecule has 4 nitrogen and oxygen atoms in total. The van der Waals surface area contributed by atoms with Gasteiger partial charge in [0.2, 0.25) is 10.0 Å². The Kier molecular flexibility index (Phi) is 5.43. The monoisotopic (exact) mass is 392 g/mol. The average Bonchev–Trinajstić information content (AvgIpc) is 2.98. The number of benzene rings is 2. The van der Waals surface area contributed by atoms with Gasteiger partial charge in [-0.15, -0.1) is 11.3 Å². The molecule has 0 spiro atoms. The summed E-state index contributed by atoms with van der Waals surface area (Å²) in [4.78, 5) is 2.10. The maximum Gasteiger partial charge on any atom is 0.240 e. The van der Waals surface area contributed by atoms with Crippen LogP contribution in [-0.4, -0.2) is 34.0 Å². The van der Waals surface area contributed by atoms with E-state index in [9.17, 15) is 12.8 Å². The molecule has 1 atom stereocenters. The minimum atomic E-state index is -3.72. The van der Waals surface area contributed by atoms with Crippen LogP contribution >= 0.6 is 11.3 Å². The van der Waals surface area contributed by atoms with E-state index < -0.39 is 15.8 Å². The molecule has 7 heteroatoms. The maximum absolute atomic E-state index is 13.3. The Morgan fingerprint density at radius 2 is 1.92 bits per heavy atom. The van der Waals surface area contributed by atoms with Gasteiger partial charge < -0.3 is 4.90 Å². The first-order valence-corrected chi connectivity index (χ1v) is 10.5. The van der Waals surface area contributed by atoms with Crippen molar-refractivity contribution in [3.8, 4) is 0 Å². The topological polar surface area (TPSA) is 49.4 Å². The van der Waals surface area contributed by atoms with E-state index in [1.807, 2.05) is 31.1 Å². The fraction of sp³-hybridized carbons (Fsp3) is 0.263. The van der Waals surface area contributed by atoms with Crippen LogP contribution in [0.5, 0.6) is 0 Å². The van der Waals surface area contributed by atoms with Crippen molar-refractivity contribution in [2.24, 2.45) is 0 Å².